The summed E-state index contributed by atoms with van der Waals surface area (Å²) in [6.45, 7) is 5.59. The number of nitrogens with two attached hydrogens (primary N) is 8. The van der Waals surface area contributed by atoms with Crippen molar-refractivity contribution in [3.05, 3.63) is 0 Å². The Kier molecular flexibility index (Phi) is 33.7. The maximum atomic E-state index is 14.4. The van der Waals surface area contributed by atoms with Crippen LogP contribution in [-0.4, -0.2) is 158 Å². The third-order valence-corrected chi connectivity index (χ3v) is 12.1. The molecule has 25 N–H and O–H groups in total. The number of hydrogen-bond acceptors (Lipinski definition) is 15. The first-order valence-corrected chi connectivity index (χ1v) is 25.8. The summed E-state index contributed by atoms with van der Waals surface area (Å²) in [6.07, 6.45) is 5.79. The third-order valence-electron chi connectivity index (χ3n) is 12.1. The van der Waals surface area contributed by atoms with Crippen LogP contribution in [0.2, 0.25) is 0 Å². The van der Waals surface area contributed by atoms with Crippen molar-refractivity contribution in [3.63, 3.8) is 0 Å². The Morgan fingerprint density at radius 3 is 1.08 bits per heavy atom. The van der Waals surface area contributed by atoms with Gasteiger partial charge < -0.3 is 93.5 Å². The van der Waals surface area contributed by atoms with E-state index in [4.69, 9.17) is 45.9 Å². The van der Waals surface area contributed by atoms with Gasteiger partial charge >= 0.3 is 5.97 Å². The number of nitrogens with zero attached hydrogens (tertiary/aromatic N) is 2. The summed E-state index contributed by atoms with van der Waals surface area (Å²) in [5, 5.41) is 32.0. The zero-order chi connectivity index (χ0) is 54.7. The third kappa shape index (κ3) is 27.7. The highest BCUT2D eigenvalue weighted by Gasteiger charge is 2.35. The highest BCUT2D eigenvalue weighted by molar-refractivity contribution is 5.97. The number of amides is 7. The Bertz CT molecular complexity index is 1760. The zero-order valence-corrected chi connectivity index (χ0v) is 43.1. The van der Waals surface area contributed by atoms with Crippen LogP contribution < -0.4 is 88.4 Å². The Morgan fingerprint density at radius 1 is 0.479 bits per heavy atom. The fourth-order valence-corrected chi connectivity index (χ4v) is 7.90. The van der Waals surface area contributed by atoms with Crippen LogP contribution in [0.4, 0.5) is 0 Å². The van der Waals surface area contributed by atoms with Crippen molar-refractivity contribution in [2.45, 2.75) is 178 Å². The van der Waals surface area contributed by atoms with E-state index < -0.39 is 89.7 Å². The minimum absolute atomic E-state index is 0.0156. The van der Waals surface area contributed by atoms with Gasteiger partial charge in [0.1, 0.15) is 42.3 Å². The van der Waals surface area contributed by atoms with Crippen molar-refractivity contribution in [1.82, 2.24) is 42.5 Å². The van der Waals surface area contributed by atoms with Gasteiger partial charge in [-0.25, -0.2) is 4.79 Å². The predicted octanol–water partition coefficient (Wildman–Crippen LogP) is -4.50. The predicted molar refractivity (Wildman–Crippen MR) is 278 cm³/mol. The highest BCUT2D eigenvalue weighted by atomic mass is 16.4. The average Bonchev–Trinajstić information content (AvgIpc) is 3.89. The normalized spacial score (nSPS) is 16.0. The summed E-state index contributed by atoms with van der Waals surface area (Å²) >= 11 is 0. The number of carbonyl (C=O) groups excluding carboxylic acids is 7. The molecule has 7 amide bonds. The molecule has 0 spiro atoms. The standard InChI is InChI=1S/C46H90N18O9/c1-28(2)36(64-37(65)29-18-11-25-55-29)43(71)62-32(16-5-9-23-49)40(68)58-30(14-3-7-21-47)38(66)60-33(19-12-26-56-45(51)52)41(69)59-31(15-4-8-22-48)39(67)61-34(20-13-27-57-46(53)54)42(70)63-35(44(72)73)17-6-10-24-50/h28-36,55H,3-27,47-50H2,1-2H3,(H,58,68)(H,59,69)(H,60,66)(H,61,67)(H,62,71)(H,63,70)(H,64,65)(H,72,73)(H4,51,52,56)(H4,53,54,57)/t29-,30-,31-,32-,33-,34-,35-,36-/m0/s1. The van der Waals surface area contributed by atoms with Crippen LogP contribution >= 0.6 is 0 Å². The lowest BCUT2D eigenvalue weighted by atomic mass is 10.0. The second-order valence-electron chi connectivity index (χ2n) is 18.6. The van der Waals surface area contributed by atoms with E-state index in [0.717, 1.165) is 6.42 Å². The Morgan fingerprint density at radius 2 is 0.795 bits per heavy atom. The SMILES string of the molecule is CC(C)[C@H](NC(=O)[C@@H]1CCCN1)C(=O)N[C@@H](CCCCN)C(=O)N[C@@H](CCCCN)C(=O)N[C@@H](CCCN=C(N)N)C(=O)N[C@@H](CCCCN)C(=O)N[C@@H](CCCN=C(N)N)C(=O)N[C@@H](CCCCN)C(=O)O. The molecule has 0 aliphatic carbocycles. The molecule has 8 atom stereocenters. The van der Waals surface area contributed by atoms with Crippen LogP contribution in [0, 0.1) is 5.92 Å². The van der Waals surface area contributed by atoms with Crippen LogP contribution in [0.15, 0.2) is 9.98 Å². The van der Waals surface area contributed by atoms with E-state index in [0.29, 0.717) is 77.4 Å². The summed E-state index contributed by atoms with van der Waals surface area (Å²) in [5.74, 6) is -6.72. The number of aliphatic imine (C=N–C) groups is 2. The smallest absolute Gasteiger partial charge is 0.326 e. The van der Waals surface area contributed by atoms with Gasteiger partial charge in [-0.3, -0.25) is 43.5 Å². The molecule has 0 radical (unpaired) electrons. The maximum Gasteiger partial charge on any atom is 0.326 e. The van der Waals surface area contributed by atoms with E-state index in [1.54, 1.807) is 13.8 Å². The molecule has 1 rings (SSSR count). The topological polar surface area (TPSA) is 486 Å². The average molecular weight is 1040 g/mol. The van der Waals surface area contributed by atoms with Gasteiger partial charge in [0, 0.05) is 13.1 Å². The molecule has 0 aromatic rings. The molecule has 0 bridgehead atoms. The van der Waals surface area contributed by atoms with Crippen LogP contribution in [0.3, 0.4) is 0 Å². The number of guanidine groups is 2. The van der Waals surface area contributed by atoms with Crippen LogP contribution in [0.5, 0.6) is 0 Å². The monoisotopic (exact) mass is 1040 g/mol. The Hall–Kier alpha value is -5.90. The fraction of sp³-hybridized carbons (Fsp3) is 0.783. The van der Waals surface area contributed by atoms with Crippen LogP contribution in [-0.2, 0) is 38.4 Å². The van der Waals surface area contributed by atoms with Crippen molar-refractivity contribution >= 4 is 59.2 Å². The van der Waals surface area contributed by atoms with Gasteiger partial charge in [-0.15, -0.1) is 0 Å². The number of carboxylic acid groups (broad SMARTS) is 1. The molecule has 1 saturated heterocycles. The second-order valence-corrected chi connectivity index (χ2v) is 18.6. The van der Waals surface area contributed by atoms with Crippen molar-refractivity contribution < 1.29 is 43.5 Å². The van der Waals surface area contributed by atoms with E-state index in [9.17, 15) is 43.5 Å². The van der Waals surface area contributed by atoms with Crippen LogP contribution in [0.1, 0.15) is 129 Å². The molecule has 0 aromatic heterocycles. The first-order chi connectivity index (χ1) is 34.8. The number of unbranched alkanes of at least 4 members (excludes halogenated alkanes) is 4. The second kappa shape index (κ2) is 37.8. The summed E-state index contributed by atoms with van der Waals surface area (Å²) in [4.78, 5) is 118. The molecule has 0 saturated carbocycles. The van der Waals surface area contributed by atoms with E-state index in [-0.39, 0.29) is 101 Å². The minimum atomic E-state index is -1.33. The van der Waals surface area contributed by atoms with Crippen molar-refractivity contribution in [2.75, 3.05) is 45.8 Å². The first-order valence-electron chi connectivity index (χ1n) is 25.8. The number of aliphatic carboxylic acids is 1. The van der Waals surface area contributed by atoms with Gasteiger partial charge in [0.2, 0.25) is 41.4 Å². The van der Waals surface area contributed by atoms with Gasteiger partial charge in [0.25, 0.3) is 0 Å². The largest absolute Gasteiger partial charge is 0.480 e. The number of rotatable bonds is 40. The molecule has 1 fully saturated rings. The zero-order valence-electron chi connectivity index (χ0n) is 43.1. The quantitative estimate of drug-likeness (QED) is 0.0156. The molecule has 0 aromatic carbocycles. The fourth-order valence-electron chi connectivity index (χ4n) is 7.90. The summed E-state index contributed by atoms with van der Waals surface area (Å²) < 4.78 is 0. The number of carboxylic acids is 1. The molecule has 27 heteroatoms. The molecule has 73 heavy (non-hydrogen) atoms. The molecule has 27 nitrogen and oxygen atoms in total. The lowest BCUT2D eigenvalue weighted by molar-refractivity contribution is -0.142. The van der Waals surface area contributed by atoms with E-state index in [1.165, 1.54) is 0 Å². The van der Waals surface area contributed by atoms with Crippen molar-refractivity contribution in [1.29, 1.82) is 0 Å². The first kappa shape index (κ1) is 65.1. The number of carbonyl (C=O) groups is 8. The molecule has 0 unspecified atom stereocenters. The molecule has 1 aliphatic rings. The van der Waals surface area contributed by atoms with Gasteiger partial charge in [-0.1, -0.05) is 13.8 Å². The Labute approximate surface area is 429 Å². The van der Waals surface area contributed by atoms with Gasteiger partial charge in [0.05, 0.1) is 6.04 Å². The molecule has 1 heterocycles. The lowest BCUT2D eigenvalue weighted by Crippen LogP contribution is -2.60. The minimum Gasteiger partial charge on any atom is -0.480 e. The van der Waals surface area contributed by atoms with Gasteiger partial charge in [-0.2, -0.15) is 0 Å². The van der Waals surface area contributed by atoms with Crippen LogP contribution in [0.25, 0.3) is 0 Å². The summed E-state index contributed by atoms with van der Waals surface area (Å²) in [6, 6.07) is -8.95. The van der Waals surface area contributed by atoms with E-state index in [1.807, 2.05) is 0 Å². The summed E-state index contributed by atoms with van der Waals surface area (Å²) in [5.41, 5.74) is 44.9. The highest BCUT2D eigenvalue weighted by Crippen LogP contribution is 2.13. The molecular formula is C46H90N18O9. The number of hydrogen-bond donors (Lipinski definition) is 17. The maximum absolute atomic E-state index is 14.4. The molecular weight excluding hydrogens is 949 g/mol. The Balaban J connectivity index is 3.55. The summed E-state index contributed by atoms with van der Waals surface area (Å²) in [7, 11) is 0. The molecule has 418 valence electrons. The van der Waals surface area contributed by atoms with Crippen molar-refractivity contribution in [2.24, 2.45) is 61.8 Å². The van der Waals surface area contributed by atoms with Gasteiger partial charge in [0.15, 0.2) is 11.9 Å². The molecule has 1 aliphatic heterocycles. The van der Waals surface area contributed by atoms with Gasteiger partial charge in [-0.05, 0) is 154 Å². The van der Waals surface area contributed by atoms with E-state index >= 15 is 0 Å². The lowest BCUT2D eigenvalue weighted by Gasteiger charge is -2.28. The van der Waals surface area contributed by atoms with Crippen molar-refractivity contribution in [3.8, 4) is 0 Å². The number of nitrogens with one attached hydrogen (secondary N) is 8. The van der Waals surface area contributed by atoms with E-state index in [2.05, 4.69) is 52.5 Å².